The molecule has 1 aliphatic heterocycles. The number of ether oxygens (including phenoxy) is 1. The van der Waals surface area contributed by atoms with Crippen molar-refractivity contribution in [2.45, 2.75) is 13.1 Å². The molecule has 4 nitrogen and oxygen atoms in total. The summed E-state index contributed by atoms with van der Waals surface area (Å²) in [7, 11) is 1.66. The highest BCUT2D eigenvalue weighted by Gasteiger charge is 2.18. The normalized spacial score (nSPS) is 14.7. The third kappa shape index (κ3) is 1.19. The first-order valence-electron chi connectivity index (χ1n) is 5.21. The highest BCUT2D eigenvalue weighted by molar-refractivity contribution is 5.90. The van der Waals surface area contributed by atoms with Crippen LogP contribution in [0.5, 0.6) is 5.75 Å². The number of rotatable bonds is 1. The predicted octanol–water partition coefficient (Wildman–Crippen LogP) is 1.28. The second-order valence-corrected chi connectivity index (χ2v) is 3.89. The van der Waals surface area contributed by atoms with E-state index in [1.54, 1.807) is 7.11 Å². The SMILES string of the molecule is COc1cccc2c1cc1n2CC(=O)NC1. The summed E-state index contributed by atoms with van der Waals surface area (Å²) in [5, 5.41) is 3.90. The van der Waals surface area contributed by atoms with Crippen LogP contribution in [0.3, 0.4) is 0 Å². The summed E-state index contributed by atoms with van der Waals surface area (Å²) < 4.78 is 7.35. The minimum atomic E-state index is 0.0628. The molecule has 0 spiro atoms. The zero-order chi connectivity index (χ0) is 11.1. The van der Waals surface area contributed by atoms with Crippen molar-refractivity contribution in [1.29, 1.82) is 0 Å². The molecule has 82 valence electrons. The van der Waals surface area contributed by atoms with Gasteiger partial charge in [-0.05, 0) is 18.2 Å². The van der Waals surface area contributed by atoms with Crippen LogP contribution in [0.4, 0.5) is 0 Å². The van der Waals surface area contributed by atoms with Gasteiger partial charge in [-0.25, -0.2) is 0 Å². The Kier molecular flexibility index (Phi) is 1.89. The van der Waals surface area contributed by atoms with Crippen LogP contribution in [0, 0.1) is 0 Å². The standard InChI is InChI=1S/C12H12N2O2/c1-16-11-4-2-3-10-9(11)5-8-6-13-12(15)7-14(8)10/h2-5H,6-7H2,1H3,(H,13,15). The fraction of sp³-hybridized carbons (Fsp3) is 0.250. The van der Waals surface area contributed by atoms with Gasteiger partial charge in [-0.3, -0.25) is 4.79 Å². The second-order valence-electron chi connectivity index (χ2n) is 3.89. The minimum absolute atomic E-state index is 0.0628. The Morgan fingerprint density at radius 1 is 1.44 bits per heavy atom. The first kappa shape index (κ1) is 9.27. The largest absolute Gasteiger partial charge is 0.496 e. The molecule has 3 rings (SSSR count). The summed E-state index contributed by atoms with van der Waals surface area (Å²) in [6.45, 7) is 0.989. The Bertz CT molecular complexity index is 572. The van der Waals surface area contributed by atoms with Crippen LogP contribution < -0.4 is 10.1 Å². The van der Waals surface area contributed by atoms with Crippen molar-refractivity contribution in [3.05, 3.63) is 30.0 Å². The third-order valence-corrected chi connectivity index (χ3v) is 2.98. The molecule has 0 atom stereocenters. The quantitative estimate of drug-likeness (QED) is 0.780. The number of aromatic nitrogens is 1. The van der Waals surface area contributed by atoms with E-state index in [1.807, 2.05) is 22.8 Å². The summed E-state index contributed by atoms with van der Waals surface area (Å²) in [5.41, 5.74) is 2.18. The molecule has 0 fully saturated rings. The maximum atomic E-state index is 11.4. The van der Waals surface area contributed by atoms with E-state index >= 15 is 0 Å². The lowest BCUT2D eigenvalue weighted by Crippen LogP contribution is -2.33. The summed E-state index contributed by atoms with van der Waals surface area (Å²) in [4.78, 5) is 11.4. The minimum Gasteiger partial charge on any atom is -0.496 e. The zero-order valence-corrected chi connectivity index (χ0v) is 8.99. The van der Waals surface area contributed by atoms with Gasteiger partial charge in [-0.1, -0.05) is 6.07 Å². The van der Waals surface area contributed by atoms with E-state index in [1.165, 1.54) is 0 Å². The number of nitrogens with one attached hydrogen (secondary N) is 1. The molecule has 0 unspecified atom stereocenters. The van der Waals surface area contributed by atoms with Gasteiger partial charge in [0, 0.05) is 11.1 Å². The lowest BCUT2D eigenvalue weighted by Gasteiger charge is -2.16. The van der Waals surface area contributed by atoms with Gasteiger partial charge in [0.05, 0.1) is 19.2 Å². The number of hydrogen-bond acceptors (Lipinski definition) is 2. The number of carbonyl (C=O) groups is 1. The molecular formula is C12H12N2O2. The Hall–Kier alpha value is -1.97. The van der Waals surface area contributed by atoms with E-state index in [0.29, 0.717) is 13.1 Å². The number of carbonyl (C=O) groups excluding carboxylic acids is 1. The topological polar surface area (TPSA) is 43.3 Å². The smallest absolute Gasteiger partial charge is 0.240 e. The second kappa shape index (κ2) is 3.27. The van der Waals surface area contributed by atoms with Crippen LogP contribution >= 0.6 is 0 Å². The number of methoxy groups -OCH3 is 1. The molecule has 4 heteroatoms. The fourth-order valence-electron chi connectivity index (χ4n) is 2.21. The van der Waals surface area contributed by atoms with Gasteiger partial charge in [-0.2, -0.15) is 0 Å². The van der Waals surface area contributed by atoms with Crippen molar-refractivity contribution in [3.63, 3.8) is 0 Å². The number of benzene rings is 1. The maximum Gasteiger partial charge on any atom is 0.240 e. The predicted molar refractivity (Wildman–Crippen MR) is 60.3 cm³/mol. The van der Waals surface area contributed by atoms with Crippen molar-refractivity contribution >= 4 is 16.8 Å². The molecule has 1 N–H and O–H groups in total. The van der Waals surface area contributed by atoms with Crippen LogP contribution in [0.25, 0.3) is 10.9 Å². The van der Waals surface area contributed by atoms with Crippen molar-refractivity contribution in [2.75, 3.05) is 7.11 Å². The average Bonchev–Trinajstić information content (AvgIpc) is 2.67. The Balaban J connectivity index is 2.29. The molecular weight excluding hydrogens is 204 g/mol. The Morgan fingerprint density at radius 2 is 2.31 bits per heavy atom. The molecule has 1 amide bonds. The molecule has 1 aromatic heterocycles. The highest BCUT2D eigenvalue weighted by Crippen LogP contribution is 2.29. The molecule has 0 saturated carbocycles. The zero-order valence-electron chi connectivity index (χ0n) is 8.99. The molecule has 0 bridgehead atoms. The van der Waals surface area contributed by atoms with Gasteiger partial charge in [-0.15, -0.1) is 0 Å². The fourth-order valence-corrected chi connectivity index (χ4v) is 2.21. The number of amides is 1. The lowest BCUT2D eigenvalue weighted by molar-refractivity contribution is -0.122. The van der Waals surface area contributed by atoms with E-state index in [9.17, 15) is 4.79 Å². The van der Waals surface area contributed by atoms with Crippen molar-refractivity contribution in [1.82, 2.24) is 9.88 Å². The monoisotopic (exact) mass is 216 g/mol. The first-order chi connectivity index (χ1) is 7.79. The van der Waals surface area contributed by atoms with Gasteiger partial charge in [0.1, 0.15) is 12.3 Å². The average molecular weight is 216 g/mol. The van der Waals surface area contributed by atoms with Crippen molar-refractivity contribution in [2.24, 2.45) is 0 Å². The number of hydrogen-bond donors (Lipinski definition) is 1. The van der Waals surface area contributed by atoms with E-state index in [4.69, 9.17) is 4.74 Å². The van der Waals surface area contributed by atoms with Gasteiger partial charge in [0.25, 0.3) is 0 Å². The number of fused-ring (bicyclic) bond motifs is 3. The first-order valence-corrected chi connectivity index (χ1v) is 5.21. The van der Waals surface area contributed by atoms with Crippen molar-refractivity contribution in [3.8, 4) is 5.75 Å². The summed E-state index contributed by atoms with van der Waals surface area (Å²) in [6, 6.07) is 7.97. The molecule has 0 radical (unpaired) electrons. The Morgan fingerprint density at radius 3 is 3.12 bits per heavy atom. The maximum absolute atomic E-state index is 11.4. The number of nitrogens with zero attached hydrogens (tertiary/aromatic N) is 1. The van der Waals surface area contributed by atoms with Gasteiger partial charge < -0.3 is 14.6 Å². The molecule has 2 heterocycles. The summed E-state index contributed by atoms with van der Waals surface area (Å²) in [6.07, 6.45) is 0. The molecule has 2 aromatic rings. The van der Waals surface area contributed by atoms with Gasteiger partial charge in [0.2, 0.25) is 5.91 Å². The van der Waals surface area contributed by atoms with E-state index in [-0.39, 0.29) is 5.91 Å². The third-order valence-electron chi connectivity index (χ3n) is 2.98. The van der Waals surface area contributed by atoms with Crippen LogP contribution in [0.1, 0.15) is 5.69 Å². The molecule has 0 saturated heterocycles. The molecule has 0 aliphatic carbocycles. The van der Waals surface area contributed by atoms with Gasteiger partial charge in [0.15, 0.2) is 0 Å². The molecule has 1 aromatic carbocycles. The molecule has 1 aliphatic rings. The van der Waals surface area contributed by atoms with Crippen LogP contribution in [0.15, 0.2) is 24.3 Å². The van der Waals surface area contributed by atoms with E-state index in [0.717, 1.165) is 22.3 Å². The van der Waals surface area contributed by atoms with Crippen LogP contribution in [-0.4, -0.2) is 17.6 Å². The highest BCUT2D eigenvalue weighted by atomic mass is 16.5. The summed E-state index contributed by atoms with van der Waals surface area (Å²) >= 11 is 0. The van der Waals surface area contributed by atoms with Gasteiger partial charge >= 0.3 is 0 Å². The van der Waals surface area contributed by atoms with E-state index < -0.39 is 0 Å². The van der Waals surface area contributed by atoms with Crippen LogP contribution in [-0.2, 0) is 17.9 Å². The Labute approximate surface area is 92.8 Å². The summed E-state index contributed by atoms with van der Waals surface area (Å²) in [5.74, 6) is 0.916. The molecule has 16 heavy (non-hydrogen) atoms. The van der Waals surface area contributed by atoms with Crippen LogP contribution in [0.2, 0.25) is 0 Å². The lowest BCUT2D eigenvalue weighted by atomic mass is 10.2. The van der Waals surface area contributed by atoms with Crippen molar-refractivity contribution < 1.29 is 9.53 Å². The van der Waals surface area contributed by atoms with E-state index in [2.05, 4.69) is 11.4 Å².